The van der Waals surface area contributed by atoms with Crippen molar-refractivity contribution in [1.82, 2.24) is 14.5 Å². The Morgan fingerprint density at radius 1 is 1.18 bits per heavy atom. The van der Waals surface area contributed by atoms with Gasteiger partial charge in [0.25, 0.3) is 0 Å². The van der Waals surface area contributed by atoms with Crippen molar-refractivity contribution in [2.45, 2.75) is 13.2 Å². The number of ether oxygens (including phenoxy) is 2. The van der Waals surface area contributed by atoms with Crippen molar-refractivity contribution >= 4 is 10.9 Å². The van der Waals surface area contributed by atoms with Gasteiger partial charge in [-0.25, -0.2) is 4.98 Å². The van der Waals surface area contributed by atoms with Crippen molar-refractivity contribution in [2.24, 2.45) is 0 Å². The summed E-state index contributed by atoms with van der Waals surface area (Å²) in [5.74, 6) is 1.40. The lowest BCUT2D eigenvalue weighted by molar-refractivity contribution is 0.0633. The highest BCUT2D eigenvalue weighted by molar-refractivity contribution is 5.85. The number of benzene rings is 1. The lowest BCUT2D eigenvalue weighted by Gasteiger charge is -2.11. The van der Waals surface area contributed by atoms with Crippen molar-refractivity contribution in [3.05, 3.63) is 48.7 Å². The topological polar surface area (TPSA) is 49.2 Å². The molecule has 0 bridgehead atoms. The highest BCUT2D eigenvalue weighted by Crippen LogP contribution is 2.27. The molecule has 7 heteroatoms. The monoisotopic (exact) mass is 305 g/mol. The second kappa shape index (κ2) is 5.97. The van der Waals surface area contributed by atoms with E-state index in [0.29, 0.717) is 17.0 Å². The zero-order chi connectivity index (χ0) is 15.5. The smallest absolute Gasteiger partial charge is 0.320 e. The molecule has 0 aliphatic carbocycles. The van der Waals surface area contributed by atoms with Gasteiger partial charge in [0.2, 0.25) is 0 Å². The number of imidazole rings is 1. The Hall–Kier alpha value is -2.70. The minimum atomic E-state index is -2.64. The number of alkyl halides is 2. The molecule has 0 saturated heterocycles. The van der Waals surface area contributed by atoms with Gasteiger partial charge in [-0.15, -0.1) is 0 Å². The minimum Gasteiger partial charge on any atom is -0.497 e. The molecular formula is C15H13F2N3O2. The molecule has 0 unspecified atom stereocenters. The molecule has 3 aromatic rings. The third-order valence-corrected chi connectivity index (χ3v) is 3.23. The van der Waals surface area contributed by atoms with Gasteiger partial charge in [0, 0.05) is 30.0 Å². The minimum absolute atomic E-state index is 0.0531. The average molecular weight is 305 g/mol. The van der Waals surface area contributed by atoms with Gasteiger partial charge in [-0.05, 0) is 18.2 Å². The van der Waals surface area contributed by atoms with E-state index in [4.69, 9.17) is 9.47 Å². The largest absolute Gasteiger partial charge is 0.497 e. The van der Waals surface area contributed by atoms with Crippen molar-refractivity contribution in [1.29, 1.82) is 0 Å². The van der Waals surface area contributed by atoms with Gasteiger partial charge in [-0.1, -0.05) is 0 Å². The van der Waals surface area contributed by atoms with Crippen LogP contribution in [0.15, 0.2) is 42.9 Å². The Morgan fingerprint density at radius 3 is 2.82 bits per heavy atom. The standard InChI is InChI=1S/C15H13F2N3O2/c1-21-10-2-3-11-12(8-10)18-5-4-13(11)22-9-14-19-6-7-20(14)15(16)17/h2-8,15H,9H2,1H3. The molecule has 0 aliphatic rings. The highest BCUT2D eigenvalue weighted by Gasteiger charge is 2.12. The number of hydrogen-bond acceptors (Lipinski definition) is 4. The molecule has 114 valence electrons. The van der Waals surface area contributed by atoms with Crippen molar-refractivity contribution < 1.29 is 18.3 Å². The first-order chi connectivity index (χ1) is 10.7. The third kappa shape index (κ3) is 2.69. The molecule has 0 amide bonds. The number of nitrogens with zero attached hydrogens (tertiary/aromatic N) is 3. The van der Waals surface area contributed by atoms with E-state index >= 15 is 0 Å². The Balaban J connectivity index is 1.86. The Bertz CT molecular complexity index is 789. The first-order valence-electron chi connectivity index (χ1n) is 6.54. The van der Waals surface area contributed by atoms with Crippen LogP contribution in [0.4, 0.5) is 8.78 Å². The van der Waals surface area contributed by atoms with Gasteiger partial charge in [0.05, 0.1) is 12.6 Å². The summed E-state index contributed by atoms with van der Waals surface area (Å²) in [6.45, 7) is -2.69. The Labute approximate surface area is 125 Å². The summed E-state index contributed by atoms with van der Waals surface area (Å²) in [6.07, 6.45) is 4.13. The van der Waals surface area contributed by atoms with Crippen LogP contribution in [0.2, 0.25) is 0 Å². The van der Waals surface area contributed by atoms with Gasteiger partial charge < -0.3 is 9.47 Å². The molecule has 0 aliphatic heterocycles. The molecule has 0 N–H and O–H groups in total. The maximum Gasteiger partial charge on any atom is 0.320 e. The fraction of sp³-hybridized carbons (Fsp3) is 0.200. The van der Waals surface area contributed by atoms with Gasteiger partial charge >= 0.3 is 6.55 Å². The first-order valence-corrected chi connectivity index (χ1v) is 6.54. The number of methoxy groups -OCH3 is 1. The van der Waals surface area contributed by atoms with E-state index in [2.05, 4.69) is 9.97 Å². The van der Waals surface area contributed by atoms with Crippen molar-refractivity contribution in [3.8, 4) is 11.5 Å². The number of pyridine rings is 1. The van der Waals surface area contributed by atoms with Gasteiger partial charge in [0.15, 0.2) is 5.82 Å². The molecule has 5 nitrogen and oxygen atoms in total. The van der Waals surface area contributed by atoms with Crippen LogP contribution in [-0.2, 0) is 6.61 Å². The molecule has 1 aromatic carbocycles. The molecule has 3 rings (SSSR count). The van der Waals surface area contributed by atoms with E-state index in [1.807, 2.05) is 6.07 Å². The van der Waals surface area contributed by atoms with Crippen LogP contribution in [0.3, 0.4) is 0 Å². The fourth-order valence-electron chi connectivity index (χ4n) is 2.13. The van der Waals surface area contributed by atoms with Crippen LogP contribution in [-0.4, -0.2) is 21.6 Å². The Kier molecular flexibility index (Phi) is 3.86. The molecule has 0 radical (unpaired) electrons. The van der Waals surface area contributed by atoms with Crippen LogP contribution < -0.4 is 9.47 Å². The van der Waals surface area contributed by atoms with E-state index < -0.39 is 6.55 Å². The molecule has 0 atom stereocenters. The summed E-state index contributed by atoms with van der Waals surface area (Å²) in [7, 11) is 1.58. The molecule has 22 heavy (non-hydrogen) atoms. The number of aromatic nitrogens is 3. The van der Waals surface area contributed by atoms with E-state index in [-0.39, 0.29) is 12.4 Å². The number of rotatable bonds is 5. The van der Waals surface area contributed by atoms with E-state index in [0.717, 1.165) is 9.95 Å². The maximum absolute atomic E-state index is 12.8. The van der Waals surface area contributed by atoms with Crippen LogP contribution in [0.5, 0.6) is 11.5 Å². The second-order valence-electron chi connectivity index (χ2n) is 4.51. The van der Waals surface area contributed by atoms with Crippen molar-refractivity contribution in [2.75, 3.05) is 7.11 Å². The molecule has 0 fully saturated rings. The van der Waals surface area contributed by atoms with Crippen LogP contribution in [0.25, 0.3) is 10.9 Å². The lowest BCUT2D eigenvalue weighted by atomic mass is 10.2. The highest BCUT2D eigenvalue weighted by atomic mass is 19.3. The SMILES string of the molecule is COc1ccc2c(OCc3nccn3C(F)F)ccnc2c1. The number of halogens is 2. The van der Waals surface area contributed by atoms with Gasteiger partial charge in [-0.2, -0.15) is 8.78 Å². The van der Waals surface area contributed by atoms with Crippen molar-refractivity contribution in [3.63, 3.8) is 0 Å². The van der Waals surface area contributed by atoms with E-state index in [1.54, 1.807) is 31.5 Å². The molecule has 2 aromatic heterocycles. The molecule has 0 saturated carbocycles. The average Bonchev–Trinajstić information content (AvgIpc) is 3.01. The van der Waals surface area contributed by atoms with E-state index in [1.165, 1.54) is 12.4 Å². The summed E-state index contributed by atoms with van der Waals surface area (Å²) in [4.78, 5) is 8.12. The summed E-state index contributed by atoms with van der Waals surface area (Å²) >= 11 is 0. The summed E-state index contributed by atoms with van der Waals surface area (Å²) in [6, 6.07) is 7.07. The summed E-state index contributed by atoms with van der Waals surface area (Å²) in [5, 5.41) is 0.776. The predicted molar refractivity (Wildman–Crippen MR) is 76.1 cm³/mol. The maximum atomic E-state index is 12.8. The van der Waals surface area contributed by atoms with Crippen LogP contribution in [0, 0.1) is 0 Å². The summed E-state index contributed by atoms with van der Waals surface area (Å²) < 4.78 is 37.1. The number of hydrogen-bond donors (Lipinski definition) is 0. The fourth-order valence-corrected chi connectivity index (χ4v) is 2.13. The van der Waals surface area contributed by atoms with Gasteiger partial charge in [0.1, 0.15) is 18.1 Å². The first kappa shape index (κ1) is 14.2. The second-order valence-corrected chi connectivity index (χ2v) is 4.51. The quantitative estimate of drug-likeness (QED) is 0.725. The molecule has 0 spiro atoms. The number of fused-ring (bicyclic) bond motifs is 1. The molecule has 2 heterocycles. The predicted octanol–water partition coefficient (Wildman–Crippen LogP) is 3.41. The summed E-state index contributed by atoms with van der Waals surface area (Å²) in [5.41, 5.74) is 0.703. The molecular weight excluding hydrogens is 292 g/mol. The zero-order valence-electron chi connectivity index (χ0n) is 11.7. The lowest BCUT2D eigenvalue weighted by Crippen LogP contribution is -2.07. The van der Waals surface area contributed by atoms with E-state index in [9.17, 15) is 8.78 Å². The normalized spacial score (nSPS) is 11.1. The zero-order valence-corrected chi connectivity index (χ0v) is 11.7. The third-order valence-electron chi connectivity index (χ3n) is 3.23. The van der Waals surface area contributed by atoms with Crippen LogP contribution >= 0.6 is 0 Å². The van der Waals surface area contributed by atoms with Gasteiger partial charge in [-0.3, -0.25) is 9.55 Å². The Morgan fingerprint density at radius 2 is 2.05 bits per heavy atom. The van der Waals surface area contributed by atoms with Crippen LogP contribution in [0.1, 0.15) is 12.4 Å².